The van der Waals surface area contributed by atoms with E-state index in [1.807, 2.05) is 18.2 Å². The molecule has 0 bridgehead atoms. The molecule has 82 valence electrons. The largest absolute Gasteiger partial charge is 0.461 e. The number of ketones is 1. The van der Waals surface area contributed by atoms with Crippen LogP contribution < -0.4 is 0 Å². The first-order chi connectivity index (χ1) is 8.36. The zero-order valence-electron chi connectivity index (χ0n) is 8.96. The number of furan rings is 1. The summed E-state index contributed by atoms with van der Waals surface area (Å²) in [5, 5.41) is 1.84. The summed E-state index contributed by atoms with van der Waals surface area (Å²) in [4.78, 5) is 16.2. The molecule has 0 N–H and O–H groups in total. The fourth-order valence-electron chi connectivity index (χ4n) is 1.86. The zero-order chi connectivity index (χ0) is 11.7. The number of benzene rings is 1. The Kier molecular flexibility index (Phi) is 2.22. The molecule has 17 heavy (non-hydrogen) atoms. The van der Waals surface area contributed by atoms with Gasteiger partial charge in [-0.25, -0.2) is 0 Å². The minimum Gasteiger partial charge on any atom is -0.461 e. The normalized spacial score (nSPS) is 10.6. The quantitative estimate of drug-likeness (QED) is 0.627. The third kappa shape index (κ3) is 1.61. The van der Waals surface area contributed by atoms with E-state index in [-0.39, 0.29) is 5.78 Å². The Hall–Kier alpha value is -2.42. The van der Waals surface area contributed by atoms with Gasteiger partial charge in [-0.2, -0.15) is 0 Å². The highest BCUT2D eigenvalue weighted by Crippen LogP contribution is 2.20. The van der Waals surface area contributed by atoms with Gasteiger partial charge in [-0.1, -0.05) is 18.2 Å². The Bertz CT molecular complexity index is 666. The molecular weight excluding hydrogens is 214 g/mol. The van der Waals surface area contributed by atoms with E-state index in [1.54, 1.807) is 30.6 Å². The molecular formula is C14H9NO2. The van der Waals surface area contributed by atoms with Gasteiger partial charge in [0.2, 0.25) is 5.78 Å². The standard InChI is InChI=1S/C14H9NO2/c16-14(13-5-2-8-17-13)12-4-1-3-10-9-15-7-6-11(10)12/h1-9H. The van der Waals surface area contributed by atoms with Crippen LogP contribution in [0.4, 0.5) is 0 Å². The van der Waals surface area contributed by atoms with Crippen LogP contribution in [0.2, 0.25) is 0 Å². The van der Waals surface area contributed by atoms with E-state index >= 15 is 0 Å². The van der Waals surface area contributed by atoms with Gasteiger partial charge in [-0.15, -0.1) is 0 Å². The molecule has 0 fully saturated rings. The lowest BCUT2D eigenvalue weighted by Crippen LogP contribution is -2.00. The van der Waals surface area contributed by atoms with Crippen molar-refractivity contribution in [3.63, 3.8) is 0 Å². The first kappa shape index (κ1) is 9.78. The van der Waals surface area contributed by atoms with Crippen molar-refractivity contribution in [3.05, 3.63) is 66.4 Å². The van der Waals surface area contributed by atoms with Gasteiger partial charge < -0.3 is 4.42 Å². The molecule has 0 aliphatic rings. The summed E-state index contributed by atoms with van der Waals surface area (Å²) in [5.74, 6) is 0.251. The lowest BCUT2D eigenvalue weighted by Gasteiger charge is -2.03. The van der Waals surface area contributed by atoms with Crippen LogP contribution in [-0.4, -0.2) is 10.8 Å². The van der Waals surface area contributed by atoms with Crippen LogP contribution in [0.1, 0.15) is 16.1 Å². The topological polar surface area (TPSA) is 43.1 Å². The van der Waals surface area contributed by atoms with Gasteiger partial charge in [-0.3, -0.25) is 9.78 Å². The van der Waals surface area contributed by atoms with Crippen molar-refractivity contribution in [1.29, 1.82) is 0 Å². The number of aromatic nitrogens is 1. The molecule has 0 saturated carbocycles. The Balaban J connectivity index is 2.21. The second kappa shape index (κ2) is 3.87. The van der Waals surface area contributed by atoms with Gasteiger partial charge >= 0.3 is 0 Å². The van der Waals surface area contributed by atoms with Gasteiger partial charge in [0.15, 0.2) is 5.76 Å². The Labute approximate surface area is 97.7 Å². The van der Waals surface area contributed by atoms with Gasteiger partial charge in [0, 0.05) is 23.3 Å². The average molecular weight is 223 g/mol. The molecule has 0 aliphatic heterocycles. The van der Waals surface area contributed by atoms with Crippen LogP contribution in [0.5, 0.6) is 0 Å². The minimum atomic E-state index is -0.105. The summed E-state index contributed by atoms with van der Waals surface area (Å²) >= 11 is 0. The lowest BCUT2D eigenvalue weighted by molar-refractivity contribution is 0.101. The fraction of sp³-hybridized carbons (Fsp3) is 0. The van der Waals surface area contributed by atoms with E-state index in [0.29, 0.717) is 11.3 Å². The Morgan fingerprint density at radius 2 is 2.06 bits per heavy atom. The summed E-state index contributed by atoms with van der Waals surface area (Å²) in [6.45, 7) is 0. The number of hydrogen-bond donors (Lipinski definition) is 0. The SMILES string of the molecule is O=C(c1ccco1)c1cccc2cnccc12. The molecule has 3 heteroatoms. The fourth-order valence-corrected chi connectivity index (χ4v) is 1.86. The van der Waals surface area contributed by atoms with Gasteiger partial charge in [0.25, 0.3) is 0 Å². The highest BCUT2D eigenvalue weighted by molar-refractivity contribution is 6.14. The molecule has 0 unspecified atom stereocenters. The first-order valence-electron chi connectivity index (χ1n) is 5.27. The second-order valence-electron chi connectivity index (χ2n) is 3.71. The van der Waals surface area contributed by atoms with Crippen molar-refractivity contribution in [1.82, 2.24) is 4.98 Å². The Morgan fingerprint density at radius 1 is 1.12 bits per heavy atom. The van der Waals surface area contributed by atoms with Crippen LogP contribution in [0.3, 0.4) is 0 Å². The van der Waals surface area contributed by atoms with Crippen molar-refractivity contribution >= 4 is 16.6 Å². The number of nitrogens with zero attached hydrogens (tertiary/aromatic N) is 1. The predicted molar refractivity (Wildman–Crippen MR) is 63.9 cm³/mol. The Morgan fingerprint density at radius 3 is 2.88 bits per heavy atom. The van der Waals surface area contributed by atoms with Gasteiger partial charge in [-0.05, 0) is 23.6 Å². The summed E-state index contributed by atoms with van der Waals surface area (Å²) in [7, 11) is 0. The van der Waals surface area contributed by atoms with E-state index in [1.165, 1.54) is 6.26 Å². The third-order valence-corrected chi connectivity index (χ3v) is 2.67. The molecule has 3 rings (SSSR count). The number of fused-ring (bicyclic) bond motifs is 1. The molecule has 2 aromatic heterocycles. The van der Waals surface area contributed by atoms with E-state index < -0.39 is 0 Å². The molecule has 0 radical (unpaired) electrons. The zero-order valence-corrected chi connectivity index (χ0v) is 8.96. The van der Waals surface area contributed by atoms with Crippen molar-refractivity contribution in [3.8, 4) is 0 Å². The molecule has 0 amide bonds. The maximum absolute atomic E-state index is 12.2. The van der Waals surface area contributed by atoms with Crippen molar-refractivity contribution < 1.29 is 9.21 Å². The molecule has 0 saturated heterocycles. The van der Waals surface area contributed by atoms with Crippen LogP contribution in [0.25, 0.3) is 10.8 Å². The molecule has 0 atom stereocenters. The first-order valence-corrected chi connectivity index (χ1v) is 5.27. The average Bonchev–Trinajstić information content (AvgIpc) is 2.91. The maximum atomic E-state index is 12.2. The van der Waals surface area contributed by atoms with Crippen LogP contribution in [0.15, 0.2) is 59.5 Å². The number of hydrogen-bond acceptors (Lipinski definition) is 3. The molecule has 0 aliphatic carbocycles. The van der Waals surface area contributed by atoms with Crippen LogP contribution in [-0.2, 0) is 0 Å². The predicted octanol–water partition coefficient (Wildman–Crippen LogP) is 3.06. The number of carbonyl (C=O) groups is 1. The monoisotopic (exact) mass is 223 g/mol. The second-order valence-corrected chi connectivity index (χ2v) is 3.71. The maximum Gasteiger partial charge on any atom is 0.228 e. The van der Waals surface area contributed by atoms with E-state index in [2.05, 4.69) is 4.98 Å². The highest BCUT2D eigenvalue weighted by atomic mass is 16.3. The summed E-state index contributed by atoms with van der Waals surface area (Å²) < 4.78 is 5.13. The molecule has 0 spiro atoms. The molecule has 1 aromatic carbocycles. The van der Waals surface area contributed by atoms with Crippen LogP contribution >= 0.6 is 0 Å². The summed E-state index contributed by atoms with van der Waals surface area (Å²) in [6.07, 6.45) is 4.93. The lowest BCUT2D eigenvalue weighted by atomic mass is 10.0. The van der Waals surface area contributed by atoms with Crippen LogP contribution in [0, 0.1) is 0 Å². The number of carbonyl (C=O) groups excluding carboxylic acids is 1. The van der Waals surface area contributed by atoms with Crippen molar-refractivity contribution in [2.24, 2.45) is 0 Å². The summed E-state index contributed by atoms with van der Waals surface area (Å²) in [6, 6.07) is 10.8. The summed E-state index contributed by atoms with van der Waals surface area (Å²) in [5.41, 5.74) is 0.639. The highest BCUT2D eigenvalue weighted by Gasteiger charge is 2.14. The van der Waals surface area contributed by atoms with E-state index in [4.69, 9.17) is 4.42 Å². The molecule has 2 heterocycles. The van der Waals surface area contributed by atoms with Crippen molar-refractivity contribution in [2.75, 3.05) is 0 Å². The molecule has 3 nitrogen and oxygen atoms in total. The van der Waals surface area contributed by atoms with E-state index in [9.17, 15) is 4.79 Å². The third-order valence-electron chi connectivity index (χ3n) is 2.67. The number of rotatable bonds is 2. The molecule has 3 aromatic rings. The smallest absolute Gasteiger partial charge is 0.228 e. The minimum absolute atomic E-state index is 0.105. The van der Waals surface area contributed by atoms with Crippen molar-refractivity contribution in [2.45, 2.75) is 0 Å². The van der Waals surface area contributed by atoms with Gasteiger partial charge in [0.1, 0.15) is 0 Å². The van der Waals surface area contributed by atoms with Gasteiger partial charge in [0.05, 0.1) is 6.26 Å². The van der Waals surface area contributed by atoms with E-state index in [0.717, 1.165) is 10.8 Å². The number of pyridine rings is 1.